The summed E-state index contributed by atoms with van der Waals surface area (Å²) in [6.07, 6.45) is 0. The molecule has 0 aliphatic carbocycles. The van der Waals surface area contributed by atoms with Crippen molar-refractivity contribution in [2.24, 2.45) is 0 Å². The molecule has 0 fully saturated rings. The van der Waals surface area contributed by atoms with E-state index in [0.29, 0.717) is 12.1 Å². The second-order valence-electron chi connectivity index (χ2n) is 3.52. The summed E-state index contributed by atoms with van der Waals surface area (Å²) in [5.41, 5.74) is -0.0762. The molecule has 0 spiro atoms. The van der Waals surface area contributed by atoms with Crippen molar-refractivity contribution < 1.29 is 38.9 Å². The van der Waals surface area contributed by atoms with Crippen molar-refractivity contribution in [1.82, 2.24) is 0 Å². The fourth-order valence-electron chi connectivity index (χ4n) is 1.35. The average molecular weight is 332 g/mol. The molecule has 1 aromatic rings. The summed E-state index contributed by atoms with van der Waals surface area (Å²) in [5, 5.41) is 0. The van der Waals surface area contributed by atoms with E-state index >= 15 is 0 Å². The van der Waals surface area contributed by atoms with Gasteiger partial charge in [-0.25, -0.2) is 0 Å². The lowest BCUT2D eigenvalue weighted by Crippen LogP contribution is -2.14. The van der Waals surface area contributed by atoms with Crippen LogP contribution in [0, 0.1) is 6.92 Å². The van der Waals surface area contributed by atoms with Gasteiger partial charge in [0.25, 0.3) is 30.4 Å². The fourth-order valence-corrected chi connectivity index (χ4v) is 4.66. The van der Waals surface area contributed by atoms with E-state index in [9.17, 15) is 25.3 Å². The molecule has 0 unspecified atom stereocenters. The average Bonchev–Trinajstić information content (AvgIpc) is 2.11. The number of rotatable bonds is 3. The van der Waals surface area contributed by atoms with Gasteiger partial charge in [0.1, 0.15) is 14.7 Å². The Kier molecular flexibility index (Phi) is 3.79. The smallest absolute Gasteiger partial charge is 0.282 e. The number of aryl methyl sites for hydroxylation is 1. The van der Waals surface area contributed by atoms with Crippen molar-refractivity contribution in [1.29, 1.82) is 0 Å². The molecule has 1 rings (SSSR count). The van der Waals surface area contributed by atoms with Crippen LogP contribution in [0.1, 0.15) is 5.56 Å². The van der Waals surface area contributed by atoms with Gasteiger partial charge in [0.15, 0.2) is 0 Å². The highest BCUT2D eigenvalue weighted by Gasteiger charge is 2.32. The van der Waals surface area contributed by atoms with Crippen LogP contribution in [0.15, 0.2) is 26.8 Å². The normalized spacial score (nSPS) is 13.5. The minimum Gasteiger partial charge on any atom is -0.282 e. The Morgan fingerprint density at radius 2 is 1.05 bits per heavy atom. The molecule has 1 aromatic carbocycles. The zero-order valence-electron chi connectivity index (χ0n) is 9.17. The molecule has 0 radical (unpaired) electrons. The van der Waals surface area contributed by atoms with Gasteiger partial charge in [0.05, 0.1) is 0 Å². The van der Waals surface area contributed by atoms with Gasteiger partial charge >= 0.3 is 0 Å². The zero-order valence-corrected chi connectivity index (χ0v) is 11.6. The van der Waals surface area contributed by atoms with Gasteiger partial charge in [-0.3, -0.25) is 13.7 Å². The Hall–Kier alpha value is -1.05. The summed E-state index contributed by atoms with van der Waals surface area (Å²) in [6, 6.07) is 1.26. The molecule has 0 aliphatic heterocycles. The second kappa shape index (κ2) is 4.50. The highest BCUT2D eigenvalue weighted by molar-refractivity contribution is 7.90. The first kappa shape index (κ1) is 16.0. The highest BCUT2D eigenvalue weighted by Crippen LogP contribution is 2.29. The zero-order chi connectivity index (χ0) is 15.2. The second-order valence-corrected chi connectivity index (χ2v) is 7.65. The van der Waals surface area contributed by atoms with Crippen molar-refractivity contribution >= 4 is 30.4 Å². The van der Waals surface area contributed by atoms with Crippen LogP contribution in [0.3, 0.4) is 0 Å². The minimum absolute atomic E-state index is 0.0762. The molecule has 0 bridgehead atoms. The lowest BCUT2D eigenvalue weighted by molar-refractivity contribution is 0.455. The first-order valence-corrected chi connectivity index (χ1v) is 8.63. The molecule has 19 heavy (non-hydrogen) atoms. The van der Waals surface area contributed by atoms with Gasteiger partial charge in [0, 0.05) is 0 Å². The first-order chi connectivity index (χ1) is 8.24. The van der Waals surface area contributed by atoms with E-state index in [0.717, 1.165) is 0 Å². The van der Waals surface area contributed by atoms with Crippen LogP contribution < -0.4 is 0 Å². The van der Waals surface area contributed by atoms with E-state index in [1.807, 2.05) is 0 Å². The van der Waals surface area contributed by atoms with E-state index in [4.69, 9.17) is 13.7 Å². The molecule has 9 nitrogen and oxygen atoms in total. The minimum atomic E-state index is -5.33. The van der Waals surface area contributed by atoms with Gasteiger partial charge in [0.2, 0.25) is 0 Å². The van der Waals surface area contributed by atoms with Crippen molar-refractivity contribution in [3.05, 3.63) is 17.7 Å². The summed E-state index contributed by atoms with van der Waals surface area (Å²) in [6.45, 7) is 1.19. The van der Waals surface area contributed by atoms with E-state index in [1.54, 1.807) is 0 Å². The Balaban J connectivity index is 4.15. The van der Waals surface area contributed by atoms with Crippen molar-refractivity contribution in [3.8, 4) is 0 Å². The molecule has 0 saturated heterocycles. The lowest BCUT2D eigenvalue weighted by atomic mass is 10.2. The third-order valence-electron chi connectivity index (χ3n) is 1.98. The van der Waals surface area contributed by atoms with Crippen LogP contribution in [0.5, 0.6) is 0 Å². The molecular formula is C7H8O9S3. The molecule has 0 saturated carbocycles. The van der Waals surface area contributed by atoms with Gasteiger partial charge in [-0.1, -0.05) is 0 Å². The first-order valence-electron chi connectivity index (χ1n) is 4.31. The predicted molar refractivity (Wildman–Crippen MR) is 60.6 cm³/mol. The van der Waals surface area contributed by atoms with Crippen LogP contribution in [-0.2, 0) is 30.4 Å². The molecule has 0 amide bonds. The predicted octanol–water partition coefficient (Wildman–Crippen LogP) is -0.265. The Morgan fingerprint density at radius 1 is 0.737 bits per heavy atom. The lowest BCUT2D eigenvalue weighted by Gasteiger charge is -2.10. The van der Waals surface area contributed by atoms with Crippen molar-refractivity contribution in [2.75, 3.05) is 0 Å². The third kappa shape index (κ3) is 3.49. The van der Waals surface area contributed by atoms with Gasteiger partial charge in [-0.05, 0) is 24.6 Å². The quantitative estimate of drug-likeness (QED) is 0.632. The summed E-state index contributed by atoms with van der Waals surface area (Å²) in [7, 11) is -15.6. The number of benzene rings is 1. The van der Waals surface area contributed by atoms with Gasteiger partial charge in [-0.15, -0.1) is 0 Å². The molecule has 0 heterocycles. The van der Waals surface area contributed by atoms with E-state index in [-0.39, 0.29) is 5.56 Å². The fraction of sp³-hybridized carbons (Fsp3) is 0.143. The summed E-state index contributed by atoms with van der Waals surface area (Å²) in [4.78, 5) is -4.30. The molecule has 108 valence electrons. The summed E-state index contributed by atoms with van der Waals surface area (Å²) < 4.78 is 92.9. The summed E-state index contributed by atoms with van der Waals surface area (Å²) in [5.74, 6) is 0. The monoisotopic (exact) mass is 332 g/mol. The topological polar surface area (TPSA) is 163 Å². The van der Waals surface area contributed by atoms with Crippen LogP contribution >= 0.6 is 0 Å². The Morgan fingerprint density at radius 3 is 1.26 bits per heavy atom. The highest BCUT2D eigenvalue weighted by atomic mass is 32.2. The molecule has 12 heteroatoms. The largest absolute Gasteiger partial charge is 0.297 e. The summed E-state index contributed by atoms with van der Waals surface area (Å²) >= 11 is 0. The van der Waals surface area contributed by atoms with Crippen molar-refractivity contribution in [3.63, 3.8) is 0 Å². The van der Waals surface area contributed by atoms with Crippen LogP contribution in [0.25, 0.3) is 0 Å². The van der Waals surface area contributed by atoms with Crippen LogP contribution in [0.2, 0.25) is 0 Å². The maximum absolute atomic E-state index is 11.1. The van der Waals surface area contributed by atoms with E-state index < -0.39 is 45.0 Å². The van der Waals surface area contributed by atoms with E-state index in [2.05, 4.69) is 0 Å². The third-order valence-corrected chi connectivity index (χ3v) is 4.95. The van der Waals surface area contributed by atoms with Crippen LogP contribution in [-0.4, -0.2) is 38.9 Å². The maximum Gasteiger partial charge on any atom is 0.297 e. The van der Waals surface area contributed by atoms with E-state index in [1.165, 1.54) is 6.92 Å². The number of hydrogen-bond donors (Lipinski definition) is 3. The molecule has 0 aliphatic rings. The number of hydrogen-bond acceptors (Lipinski definition) is 6. The Bertz CT molecular complexity index is 777. The van der Waals surface area contributed by atoms with Crippen LogP contribution in [0.4, 0.5) is 0 Å². The SMILES string of the molecule is Cc1cc(S(=O)(=O)O)c(S(=O)(=O)O)c(S(=O)(=O)O)c1. The Labute approximate surface area is 109 Å². The van der Waals surface area contributed by atoms with Gasteiger partial charge < -0.3 is 0 Å². The molecule has 0 atom stereocenters. The maximum atomic E-state index is 11.1. The molecule has 3 N–H and O–H groups in total. The molecular weight excluding hydrogens is 324 g/mol. The van der Waals surface area contributed by atoms with Gasteiger partial charge in [-0.2, -0.15) is 25.3 Å². The molecule has 0 aromatic heterocycles. The standard InChI is InChI=1S/C7H8O9S3/c1-4-2-5(17(8,9)10)7(19(14,15)16)6(3-4)18(11,12)13/h2-3H,1H3,(H,8,9,10)(H,11,12,13)(H,14,15,16). The van der Waals surface area contributed by atoms with Crippen molar-refractivity contribution in [2.45, 2.75) is 21.6 Å².